The molecule has 1 amide bonds. The molecule has 4 rings (SSSR count). The molecule has 0 atom stereocenters. The van der Waals surface area contributed by atoms with Crippen LogP contribution < -0.4 is 11.0 Å². The number of halogens is 4. The number of carbonyl (C=O) groups excluding carboxylic acids is 1. The number of thioether (sulfide) groups is 1. The van der Waals surface area contributed by atoms with Crippen molar-refractivity contribution >= 4 is 46.4 Å². The third-order valence-electron chi connectivity index (χ3n) is 4.82. The molecule has 0 saturated carbocycles. The van der Waals surface area contributed by atoms with Crippen LogP contribution in [-0.2, 0) is 11.0 Å². The fourth-order valence-corrected chi connectivity index (χ4v) is 4.16. The molecular formula is C24H16ClF3N4O2S. The Kier molecular flexibility index (Phi) is 7.23. The van der Waals surface area contributed by atoms with E-state index in [1.807, 2.05) is 0 Å². The van der Waals surface area contributed by atoms with Gasteiger partial charge in [-0.05, 0) is 42.5 Å². The van der Waals surface area contributed by atoms with Crippen LogP contribution in [0.4, 0.5) is 13.2 Å². The Bertz CT molecular complexity index is 1470. The van der Waals surface area contributed by atoms with E-state index in [1.54, 1.807) is 48.5 Å². The van der Waals surface area contributed by atoms with E-state index in [4.69, 9.17) is 11.6 Å². The molecule has 178 valence electrons. The van der Waals surface area contributed by atoms with Gasteiger partial charge in [0.15, 0.2) is 5.16 Å². The highest BCUT2D eigenvalue weighted by atomic mass is 35.5. The number of hydrogen-bond donors (Lipinski definition) is 1. The largest absolute Gasteiger partial charge is 0.417 e. The number of hydrazone groups is 1. The number of rotatable bonds is 6. The molecule has 4 aromatic rings. The van der Waals surface area contributed by atoms with Crippen molar-refractivity contribution in [2.45, 2.75) is 11.3 Å². The Morgan fingerprint density at radius 2 is 1.74 bits per heavy atom. The first kappa shape index (κ1) is 24.5. The number of nitrogens with one attached hydrogen (secondary N) is 1. The van der Waals surface area contributed by atoms with Gasteiger partial charge in [-0.15, -0.1) is 0 Å². The van der Waals surface area contributed by atoms with Gasteiger partial charge < -0.3 is 0 Å². The lowest BCUT2D eigenvalue weighted by Crippen LogP contribution is -2.24. The van der Waals surface area contributed by atoms with E-state index in [0.29, 0.717) is 21.6 Å². The molecule has 0 bridgehead atoms. The Balaban J connectivity index is 1.55. The van der Waals surface area contributed by atoms with Crippen molar-refractivity contribution in [3.05, 3.63) is 99.3 Å². The second-order valence-corrected chi connectivity index (χ2v) is 8.57. The number of benzene rings is 3. The highest BCUT2D eigenvalue weighted by Gasteiger charge is 2.32. The van der Waals surface area contributed by atoms with Crippen molar-refractivity contribution in [2.75, 3.05) is 5.75 Å². The van der Waals surface area contributed by atoms with Crippen LogP contribution in [0.15, 0.2) is 87.8 Å². The summed E-state index contributed by atoms with van der Waals surface area (Å²) in [7, 11) is 0. The molecule has 11 heteroatoms. The zero-order valence-electron chi connectivity index (χ0n) is 17.8. The van der Waals surface area contributed by atoms with E-state index < -0.39 is 17.6 Å². The number of aromatic nitrogens is 2. The number of hydrogen-bond acceptors (Lipinski definition) is 5. The van der Waals surface area contributed by atoms with Gasteiger partial charge in [0, 0.05) is 10.6 Å². The zero-order valence-corrected chi connectivity index (χ0v) is 19.4. The minimum absolute atomic E-state index is 0.180. The SMILES string of the molecule is O=C(CSc1nc2ccccc2c(=O)n1-c1ccc(Cl)cc1)N/N=C/c1ccccc1C(F)(F)F. The van der Waals surface area contributed by atoms with E-state index >= 15 is 0 Å². The second-order valence-electron chi connectivity index (χ2n) is 7.20. The van der Waals surface area contributed by atoms with Gasteiger partial charge in [0.2, 0.25) is 0 Å². The van der Waals surface area contributed by atoms with Crippen LogP contribution in [-0.4, -0.2) is 27.4 Å². The Labute approximate surface area is 206 Å². The van der Waals surface area contributed by atoms with Crippen molar-refractivity contribution in [3.63, 3.8) is 0 Å². The monoisotopic (exact) mass is 516 g/mol. The summed E-state index contributed by atoms with van der Waals surface area (Å²) in [5.41, 5.74) is 1.83. The fraction of sp³-hybridized carbons (Fsp3) is 0.0833. The smallest absolute Gasteiger partial charge is 0.272 e. The van der Waals surface area contributed by atoms with E-state index in [1.165, 1.54) is 22.8 Å². The van der Waals surface area contributed by atoms with Crippen molar-refractivity contribution in [2.24, 2.45) is 5.10 Å². The first-order chi connectivity index (χ1) is 16.7. The molecule has 1 aromatic heterocycles. The predicted molar refractivity (Wildman–Crippen MR) is 130 cm³/mol. The topological polar surface area (TPSA) is 76.3 Å². The summed E-state index contributed by atoms with van der Waals surface area (Å²) < 4.78 is 40.6. The first-order valence-corrected chi connectivity index (χ1v) is 11.5. The molecule has 0 aliphatic carbocycles. The quantitative estimate of drug-likeness (QED) is 0.163. The van der Waals surface area contributed by atoms with Crippen LogP contribution in [0.1, 0.15) is 11.1 Å². The third-order valence-corrected chi connectivity index (χ3v) is 6.01. The van der Waals surface area contributed by atoms with Crippen LogP contribution in [0.25, 0.3) is 16.6 Å². The minimum atomic E-state index is -4.55. The normalized spacial score (nSPS) is 11.8. The van der Waals surface area contributed by atoms with Crippen LogP contribution in [0.3, 0.4) is 0 Å². The molecule has 6 nitrogen and oxygen atoms in total. The molecule has 0 fully saturated rings. The maximum Gasteiger partial charge on any atom is 0.417 e. The molecule has 3 aromatic carbocycles. The van der Waals surface area contributed by atoms with Gasteiger partial charge in [0.1, 0.15) is 0 Å². The average molecular weight is 517 g/mol. The summed E-state index contributed by atoms with van der Waals surface area (Å²) >= 11 is 6.96. The fourth-order valence-electron chi connectivity index (χ4n) is 3.23. The summed E-state index contributed by atoms with van der Waals surface area (Å²) in [6.07, 6.45) is -3.61. The maximum absolute atomic E-state index is 13.2. The average Bonchev–Trinajstić information content (AvgIpc) is 2.83. The molecule has 1 heterocycles. The van der Waals surface area contributed by atoms with Crippen LogP contribution in [0, 0.1) is 0 Å². The first-order valence-electron chi connectivity index (χ1n) is 10.1. The second kappa shape index (κ2) is 10.3. The molecule has 0 radical (unpaired) electrons. The number of amides is 1. The van der Waals surface area contributed by atoms with Crippen molar-refractivity contribution < 1.29 is 18.0 Å². The lowest BCUT2D eigenvalue weighted by Gasteiger charge is -2.13. The maximum atomic E-state index is 13.2. The molecule has 0 spiro atoms. The number of alkyl halides is 3. The van der Waals surface area contributed by atoms with E-state index in [-0.39, 0.29) is 22.0 Å². The summed E-state index contributed by atoms with van der Waals surface area (Å²) in [5.74, 6) is -0.766. The summed E-state index contributed by atoms with van der Waals surface area (Å²) in [6.45, 7) is 0. The molecule has 0 saturated heterocycles. The number of carbonyl (C=O) groups is 1. The van der Waals surface area contributed by atoms with Crippen LogP contribution >= 0.6 is 23.4 Å². The Morgan fingerprint density at radius 1 is 1.06 bits per heavy atom. The van der Waals surface area contributed by atoms with Gasteiger partial charge in [-0.25, -0.2) is 10.4 Å². The van der Waals surface area contributed by atoms with Crippen molar-refractivity contribution in [1.29, 1.82) is 0 Å². The summed E-state index contributed by atoms with van der Waals surface area (Å²) in [6, 6.07) is 18.3. The lowest BCUT2D eigenvalue weighted by atomic mass is 10.1. The highest BCUT2D eigenvalue weighted by Crippen LogP contribution is 2.31. The standard InChI is InChI=1S/C24H16ClF3N4O2S/c25-16-9-11-17(12-10-16)32-22(34)18-6-2-4-8-20(18)30-23(32)35-14-21(33)31-29-13-15-5-1-3-7-19(15)24(26,27)28/h1-13H,14H2,(H,31,33)/b29-13+. The minimum Gasteiger partial charge on any atom is -0.272 e. The number of para-hydroxylation sites is 1. The number of fused-ring (bicyclic) bond motifs is 1. The summed E-state index contributed by atoms with van der Waals surface area (Å²) in [5, 5.41) is 4.81. The molecular weight excluding hydrogens is 501 g/mol. The van der Waals surface area contributed by atoms with Gasteiger partial charge in [-0.2, -0.15) is 18.3 Å². The molecule has 0 aliphatic heterocycles. The summed E-state index contributed by atoms with van der Waals surface area (Å²) in [4.78, 5) is 30.0. The Hall–Kier alpha value is -3.63. The van der Waals surface area contributed by atoms with Crippen molar-refractivity contribution in [1.82, 2.24) is 15.0 Å². The Morgan fingerprint density at radius 3 is 2.49 bits per heavy atom. The van der Waals surface area contributed by atoms with Gasteiger partial charge in [-0.3, -0.25) is 14.2 Å². The van der Waals surface area contributed by atoms with Gasteiger partial charge in [0.25, 0.3) is 11.5 Å². The van der Waals surface area contributed by atoms with Gasteiger partial charge in [-0.1, -0.05) is 53.7 Å². The van der Waals surface area contributed by atoms with Gasteiger partial charge in [0.05, 0.1) is 34.1 Å². The predicted octanol–water partition coefficient (Wildman–Crippen LogP) is 5.30. The molecule has 0 unspecified atom stereocenters. The third kappa shape index (κ3) is 5.72. The lowest BCUT2D eigenvalue weighted by molar-refractivity contribution is -0.137. The van der Waals surface area contributed by atoms with E-state index in [2.05, 4.69) is 15.5 Å². The number of nitrogens with zero attached hydrogens (tertiary/aromatic N) is 3. The molecule has 0 aliphatic rings. The zero-order chi connectivity index (χ0) is 25.0. The van der Waals surface area contributed by atoms with Crippen LogP contribution in [0.5, 0.6) is 0 Å². The molecule has 35 heavy (non-hydrogen) atoms. The molecule has 1 N–H and O–H groups in total. The van der Waals surface area contributed by atoms with Crippen LogP contribution in [0.2, 0.25) is 5.02 Å². The van der Waals surface area contributed by atoms with E-state index in [9.17, 15) is 22.8 Å². The van der Waals surface area contributed by atoms with Crippen molar-refractivity contribution in [3.8, 4) is 5.69 Å². The highest BCUT2D eigenvalue weighted by molar-refractivity contribution is 7.99. The van der Waals surface area contributed by atoms with Gasteiger partial charge >= 0.3 is 6.18 Å². The van der Waals surface area contributed by atoms with E-state index in [0.717, 1.165) is 24.0 Å².